The molecule has 0 radical (unpaired) electrons. The number of nitrogens with two attached hydrogens (primary N) is 1. The first-order valence-corrected chi connectivity index (χ1v) is 12.4. The van der Waals surface area contributed by atoms with Gasteiger partial charge in [0, 0.05) is 53.9 Å². The van der Waals surface area contributed by atoms with Crippen molar-refractivity contribution in [3.63, 3.8) is 0 Å². The van der Waals surface area contributed by atoms with Gasteiger partial charge < -0.3 is 20.7 Å². The van der Waals surface area contributed by atoms with Gasteiger partial charge >= 0.3 is 0 Å². The minimum absolute atomic E-state index is 0.322. The number of pyridine rings is 2. The summed E-state index contributed by atoms with van der Waals surface area (Å²) in [6.45, 7) is 6.51. The second kappa shape index (κ2) is 10.4. The van der Waals surface area contributed by atoms with Gasteiger partial charge in [0.15, 0.2) is 0 Å². The summed E-state index contributed by atoms with van der Waals surface area (Å²) < 4.78 is 8.12. The van der Waals surface area contributed by atoms with E-state index < -0.39 is 0 Å². The van der Waals surface area contributed by atoms with Crippen LogP contribution in [0, 0.1) is 0 Å². The molecule has 0 unspecified atom stereocenters. The van der Waals surface area contributed by atoms with Crippen molar-refractivity contribution >= 4 is 33.4 Å². The van der Waals surface area contributed by atoms with E-state index in [9.17, 15) is 0 Å². The molecule has 4 aromatic heterocycles. The van der Waals surface area contributed by atoms with Crippen molar-refractivity contribution in [2.75, 3.05) is 38.2 Å². The Morgan fingerprint density at radius 1 is 1.05 bits per heavy atom. The zero-order chi connectivity index (χ0) is 25.9. The van der Waals surface area contributed by atoms with Crippen molar-refractivity contribution in [3.8, 4) is 11.4 Å². The molecule has 5 rings (SSSR count). The Hall–Kier alpha value is -4.24. The molecule has 0 aliphatic heterocycles. The van der Waals surface area contributed by atoms with E-state index in [0.717, 1.165) is 63.4 Å². The number of nitrogen functional groups attached to an aromatic ring is 1. The normalized spacial score (nSPS) is 11.6. The summed E-state index contributed by atoms with van der Waals surface area (Å²) in [4.78, 5) is 19.9. The number of rotatable bonds is 9. The smallest absolute Gasteiger partial charge is 0.150 e. The summed E-state index contributed by atoms with van der Waals surface area (Å²) in [5, 5.41) is 5.47. The van der Waals surface area contributed by atoms with Crippen molar-refractivity contribution in [3.05, 3.63) is 72.6 Å². The summed E-state index contributed by atoms with van der Waals surface area (Å²) in [5.74, 6) is 1.54. The predicted octanol–water partition coefficient (Wildman–Crippen LogP) is 4.62. The first-order chi connectivity index (χ1) is 17.9. The molecule has 0 amide bonds. The summed E-state index contributed by atoms with van der Waals surface area (Å²) in [5.41, 5.74) is 11.6. The number of hydrogen-bond acceptors (Lipinski definition) is 8. The fourth-order valence-corrected chi connectivity index (χ4v) is 4.21. The summed E-state index contributed by atoms with van der Waals surface area (Å²) >= 11 is 0. The SMILES string of the molecule is CC(C)c1cc(NCCN(C)C)c2ccc(OCc3cncc(-n4ccc5c(N)ncnc54)c3)cc2n1. The number of likely N-dealkylation sites (N-methyl/N-ethyl adjacent to an activating group) is 1. The van der Waals surface area contributed by atoms with Crippen LogP contribution in [0.4, 0.5) is 11.5 Å². The molecule has 0 spiro atoms. The Kier molecular flexibility index (Phi) is 6.87. The average molecular weight is 497 g/mol. The van der Waals surface area contributed by atoms with E-state index in [1.807, 2.05) is 41.2 Å². The lowest BCUT2D eigenvalue weighted by molar-refractivity contribution is 0.306. The van der Waals surface area contributed by atoms with Gasteiger partial charge in [-0.15, -0.1) is 0 Å². The van der Waals surface area contributed by atoms with Crippen LogP contribution in [-0.2, 0) is 6.61 Å². The van der Waals surface area contributed by atoms with Crippen LogP contribution >= 0.6 is 0 Å². The van der Waals surface area contributed by atoms with Crippen molar-refractivity contribution in [2.45, 2.75) is 26.4 Å². The minimum atomic E-state index is 0.322. The molecule has 1 aromatic carbocycles. The highest BCUT2D eigenvalue weighted by atomic mass is 16.5. The summed E-state index contributed by atoms with van der Waals surface area (Å²) in [6.07, 6.45) is 6.99. The largest absolute Gasteiger partial charge is 0.489 e. The lowest BCUT2D eigenvalue weighted by Crippen LogP contribution is -2.21. The monoisotopic (exact) mass is 496 g/mol. The molecule has 0 aliphatic carbocycles. The number of nitrogens with one attached hydrogen (secondary N) is 1. The zero-order valence-corrected chi connectivity index (χ0v) is 21.6. The van der Waals surface area contributed by atoms with Crippen LogP contribution in [-0.4, -0.2) is 56.6 Å². The highest BCUT2D eigenvalue weighted by Gasteiger charge is 2.11. The molecular formula is C28H32N8O. The molecule has 5 aromatic rings. The molecule has 37 heavy (non-hydrogen) atoms. The van der Waals surface area contributed by atoms with E-state index >= 15 is 0 Å². The van der Waals surface area contributed by atoms with E-state index in [0.29, 0.717) is 18.3 Å². The van der Waals surface area contributed by atoms with E-state index in [4.69, 9.17) is 15.5 Å². The molecule has 0 aliphatic rings. The van der Waals surface area contributed by atoms with Crippen molar-refractivity contribution < 1.29 is 4.74 Å². The first kappa shape index (κ1) is 24.5. The van der Waals surface area contributed by atoms with Gasteiger partial charge in [0.25, 0.3) is 0 Å². The lowest BCUT2D eigenvalue weighted by atomic mass is 10.1. The van der Waals surface area contributed by atoms with E-state index in [2.05, 4.69) is 65.2 Å². The van der Waals surface area contributed by atoms with Crippen LogP contribution in [0.25, 0.3) is 27.6 Å². The second-order valence-corrected chi connectivity index (χ2v) is 9.68. The maximum absolute atomic E-state index is 6.17. The number of nitrogens with zero attached hydrogens (tertiary/aromatic N) is 6. The van der Waals surface area contributed by atoms with E-state index in [1.165, 1.54) is 6.33 Å². The highest BCUT2D eigenvalue weighted by molar-refractivity contribution is 5.92. The third-order valence-electron chi connectivity index (χ3n) is 6.24. The molecule has 0 saturated carbocycles. The van der Waals surface area contributed by atoms with Crippen LogP contribution in [0.5, 0.6) is 5.75 Å². The van der Waals surface area contributed by atoms with Crippen molar-refractivity contribution in [1.29, 1.82) is 0 Å². The minimum Gasteiger partial charge on any atom is -0.489 e. The predicted molar refractivity (Wildman–Crippen MR) is 148 cm³/mol. The lowest BCUT2D eigenvalue weighted by Gasteiger charge is -2.16. The standard InChI is InChI=1S/C28H32N8O/c1-18(2)24-13-25(31-8-10-35(3)4)22-6-5-21(12-26(22)34-24)37-16-19-11-20(15-30-14-19)36-9-7-23-27(29)32-17-33-28(23)36/h5-7,9,11-15,17-18H,8,10,16H2,1-4H3,(H,31,34)(H2,29,32,33). The molecule has 3 N–H and O–H groups in total. The van der Waals surface area contributed by atoms with Gasteiger partial charge in [-0.05, 0) is 50.3 Å². The van der Waals surface area contributed by atoms with Gasteiger partial charge in [-0.25, -0.2) is 9.97 Å². The molecule has 0 fully saturated rings. The molecule has 0 bridgehead atoms. The Bertz CT molecular complexity index is 1540. The number of fused-ring (bicyclic) bond motifs is 2. The Labute approximate surface area is 216 Å². The van der Waals surface area contributed by atoms with Crippen molar-refractivity contribution in [1.82, 2.24) is 29.4 Å². The van der Waals surface area contributed by atoms with Crippen LogP contribution < -0.4 is 15.8 Å². The maximum Gasteiger partial charge on any atom is 0.150 e. The van der Waals surface area contributed by atoms with E-state index in [-0.39, 0.29) is 0 Å². The maximum atomic E-state index is 6.17. The van der Waals surface area contributed by atoms with Gasteiger partial charge in [-0.3, -0.25) is 14.5 Å². The fraction of sp³-hybridized carbons (Fsp3) is 0.286. The Morgan fingerprint density at radius 3 is 2.73 bits per heavy atom. The van der Waals surface area contributed by atoms with Crippen LogP contribution in [0.3, 0.4) is 0 Å². The third kappa shape index (κ3) is 5.31. The first-order valence-electron chi connectivity index (χ1n) is 12.4. The summed E-state index contributed by atoms with van der Waals surface area (Å²) in [6, 6.07) is 12.2. The van der Waals surface area contributed by atoms with Crippen LogP contribution in [0.2, 0.25) is 0 Å². The van der Waals surface area contributed by atoms with Gasteiger partial charge in [-0.1, -0.05) is 13.8 Å². The topological polar surface area (TPSA) is 107 Å². The second-order valence-electron chi connectivity index (χ2n) is 9.68. The average Bonchev–Trinajstić information content (AvgIpc) is 3.32. The molecule has 190 valence electrons. The van der Waals surface area contributed by atoms with Crippen LogP contribution in [0.15, 0.2) is 61.3 Å². The highest BCUT2D eigenvalue weighted by Crippen LogP contribution is 2.30. The Balaban J connectivity index is 1.37. The quantitative estimate of drug-likeness (QED) is 0.304. The molecule has 4 heterocycles. The summed E-state index contributed by atoms with van der Waals surface area (Å²) in [7, 11) is 4.15. The van der Waals surface area contributed by atoms with Crippen LogP contribution in [0.1, 0.15) is 31.0 Å². The molecule has 0 saturated heterocycles. The number of hydrogen-bond donors (Lipinski definition) is 2. The molecule has 9 nitrogen and oxygen atoms in total. The number of aromatic nitrogens is 5. The zero-order valence-electron chi connectivity index (χ0n) is 21.6. The van der Waals surface area contributed by atoms with Gasteiger partial charge in [0.1, 0.15) is 30.1 Å². The van der Waals surface area contributed by atoms with Gasteiger partial charge in [-0.2, -0.15) is 0 Å². The van der Waals surface area contributed by atoms with Crippen molar-refractivity contribution in [2.24, 2.45) is 0 Å². The number of benzene rings is 1. The number of ether oxygens (including phenoxy) is 1. The Morgan fingerprint density at radius 2 is 1.92 bits per heavy atom. The fourth-order valence-electron chi connectivity index (χ4n) is 4.21. The third-order valence-corrected chi connectivity index (χ3v) is 6.24. The van der Waals surface area contributed by atoms with Gasteiger partial charge in [0.05, 0.1) is 22.8 Å². The van der Waals surface area contributed by atoms with Gasteiger partial charge in [0.2, 0.25) is 0 Å². The molecule has 9 heteroatoms. The van der Waals surface area contributed by atoms with E-state index in [1.54, 1.807) is 6.20 Å². The molecule has 0 atom stereocenters. The number of anilines is 2. The molecular weight excluding hydrogens is 464 g/mol.